The first-order chi connectivity index (χ1) is 9.40. The Morgan fingerprint density at radius 3 is 2.80 bits per heavy atom. The van der Waals surface area contributed by atoms with Crippen molar-refractivity contribution in [2.24, 2.45) is 5.92 Å². The number of benzene rings is 1. The first kappa shape index (κ1) is 15.2. The lowest BCUT2D eigenvalue weighted by Gasteiger charge is -2.11. The Morgan fingerprint density at radius 2 is 2.25 bits per heavy atom. The third-order valence-corrected chi connectivity index (χ3v) is 4.80. The number of carboxylic acid groups (broad SMARTS) is 1. The van der Waals surface area contributed by atoms with Crippen LogP contribution in [0.3, 0.4) is 0 Å². The normalized spacial score (nSPS) is 19.1. The van der Waals surface area contributed by atoms with E-state index in [1.54, 1.807) is 0 Å². The van der Waals surface area contributed by atoms with Crippen LogP contribution in [0.2, 0.25) is 5.02 Å². The maximum Gasteiger partial charge on any atom is 0.337 e. The molecule has 0 radical (unpaired) electrons. The predicted octanol–water partition coefficient (Wildman–Crippen LogP) is 1.35. The maximum atomic E-state index is 12.1. The third-order valence-electron chi connectivity index (χ3n) is 3.07. The van der Waals surface area contributed by atoms with Gasteiger partial charge >= 0.3 is 5.97 Å². The summed E-state index contributed by atoms with van der Waals surface area (Å²) in [5.74, 6) is -1.03. The van der Waals surface area contributed by atoms with E-state index in [4.69, 9.17) is 21.4 Å². The van der Waals surface area contributed by atoms with Crippen molar-refractivity contribution in [3.8, 4) is 0 Å². The van der Waals surface area contributed by atoms with Crippen molar-refractivity contribution in [1.82, 2.24) is 4.72 Å². The van der Waals surface area contributed by atoms with Gasteiger partial charge in [-0.2, -0.15) is 0 Å². The van der Waals surface area contributed by atoms with E-state index >= 15 is 0 Å². The Labute approximate surface area is 121 Å². The third kappa shape index (κ3) is 3.49. The quantitative estimate of drug-likeness (QED) is 0.854. The van der Waals surface area contributed by atoms with Crippen molar-refractivity contribution in [1.29, 1.82) is 0 Å². The predicted molar refractivity (Wildman–Crippen MR) is 72.5 cm³/mol. The van der Waals surface area contributed by atoms with Crippen LogP contribution in [0.4, 0.5) is 0 Å². The highest BCUT2D eigenvalue weighted by molar-refractivity contribution is 7.89. The molecule has 1 fully saturated rings. The molecule has 0 aromatic heterocycles. The summed E-state index contributed by atoms with van der Waals surface area (Å²) in [5, 5.41) is 8.74. The van der Waals surface area contributed by atoms with Gasteiger partial charge in [-0.1, -0.05) is 11.6 Å². The summed E-state index contributed by atoms with van der Waals surface area (Å²) >= 11 is 5.76. The van der Waals surface area contributed by atoms with Crippen LogP contribution in [-0.4, -0.2) is 39.3 Å². The van der Waals surface area contributed by atoms with E-state index in [-0.39, 0.29) is 21.4 Å². The van der Waals surface area contributed by atoms with E-state index in [1.807, 2.05) is 0 Å². The van der Waals surface area contributed by atoms with Crippen molar-refractivity contribution < 1.29 is 23.1 Å². The number of carboxylic acids is 1. The van der Waals surface area contributed by atoms with Crippen LogP contribution >= 0.6 is 11.6 Å². The highest BCUT2D eigenvalue weighted by Crippen LogP contribution is 2.21. The van der Waals surface area contributed by atoms with Gasteiger partial charge < -0.3 is 9.84 Å². The standard InChI is InChI=1S/C12H14ClNO5S/c13-11-5-9(1-2-10(11)12(15)16)20(17,18)14-6-8-3-4-19-7-8/h1-2,5,8,14H,3-4,6-7H2,(H,15,16). The summed E-state index contributed by atoms with van der Waals surface area (Å²) < 4.78 is 31.8. The molecule has 1 heterocycles. The second kappa shape index (κ2) is 6.09. The number of hydrogen-bond acceptors (Lipinski definition) is 4. The van der Waals surface area contributed by atoms with Crippen LogP contribution in [0, 0.1) is 5.92 Å². The van der Waals surface area contributed by atoms with E-state index in [0.29, 0.717) is 19.8 Å². The molecular formula is C12H14ClNO5S. The zero-order chi connectivity index (χ0) is 14.8. The minimum Gasteiger partial charge on any atom is -0.478 e. The second-order valence-corrected chi connectivity index (χ2v) is 6.70. The van der Waals surface area contributed by atoms with Gasteiger partial charge in [0.25, 0.3) is 0 Å². The smallest absolute Gasteiger partial charge is 0.337 e. The Balaban J connectivity index is 2.12. The zero-order valence-corrected chi connectivity index (χ0v) is 12.1. The molecule has 1 aromatic rings. The summed E-state index contributed by atoms with van der Waals surface area (Å²) in [6, 6.07) is 3.54. The van der Waals surface area contributed by atoms with Gasteiger partial charge in [0.1, 0.15) is 0 Å². The fourth-order valence-corrected chi connectivity index (χ4v) is 3.36. The molecule has 110 valence electrons. The van der Waals surface area contributed by atoms with Gasteiger partial charge in [-0.05, 0) is 30.5 Å². The molecule has 0 spiro atoms. The van der Waals surface area contributed by atoms with Crippen LogP contribution in [0.5, 0.6) is 0 Å². The van der Waals surface area contributed by atoms with Gasteiger partial charge in [-0.15, -0.1) is 0 Å². The van der Waals surface area contributed by atoms with Gasteiger partial charge in [0.05, 0.1) is 22.1 Å². The van der Waals surface area contributed by atoms with Crippen molar-refractivity contribution in [3.05, 3.63) is 28.8 Å². The van der Waals surface area contributed by atoms with Gasteiger partial charge in [0.2, 0.25) is 10.0 Å². The van der Waals surface area contributed by atoms with Crippen molar-refractivity contribution in [2.45, 2.75) is 11.3 Å². The Kier molecular flexibility index (Phi) is 4.64. The lowest BCUT2D eigenvalue weighted by molar-refractivity contribution is 0.0697. The van der Waals surface area contributed by atoms with Gasteiger partial charge in [-0.25, -0.2) is 17.9 Å². The number of sulfonamides is 1. The molecule has 1 aliphatic rings. The summed E-state index contributed by atoms with van der Waals surface area (Å²) in [4.78, 5) is 10.8. The number of nitrogens with one attached hydrogen (secondary N) is 1. The molecule has 1 saturated heterocycles. The van der Waals surface area contributed by atoms with Gasteiger partial charge in [0, 0.05) is 13.2 Å². The SMILES string of the molecule is O=C(O)c1ccc(S(=O)(=O)NCC2CCOC2)cc1Cl. The summed E-state index contributed by atoms with van der Waals surface area (Å²) in [6.07, 6.45) is 0.821. The van der Waals surface area contributed by atoms with Gasteiger partial charge in [-0.3, -0.25) is 0 Å². The van der Waals surface area contributed by atoms with Crippen LogP contribution in [0.15, 0.2) is 23.1 Å². The molecule has 0 bridgehead atoms. The number of halogens is 1. The zero-order valence-electron chi connectivity index (χ0n) is 10.5. The minimum atomic E-state index is -3.70. The molecule has 0 saturated carbocycles. The molecule has 1 aromatic carbocycles. The van der Waals surface area contributed by atoms with Crippen LogP contribution in [0.25, 0.3) is 0 Å². The number of ether oxygens (including phenoxy) is 1. The average molecular weight is 320 g/mol. The molecule has 20 heavy (non-hydrogen) atoms. The number of carbonyl (C=O) groups is 1. The van der Waals surface area contributed by atoms with Gasteiger partial charge in [0.15, 0.2) is 0 Å². The summed E-state index contributed by atoms with van der Waals surface area (Å²) in [6.45, 7) is 1.48. The van der Waals surface area contributed by atoms with Crippen molar-refractivity contribution in [3.63, 3.8) is 0 Å². The Morgan fingerprint density at radius 1 is 1.50 bits per heavy atom. The average Bonchev–Trinajstić information content (AvgIpc) is 2.89. The van der Waals surface area contributed by atoms with E-state index in [2.05, 4.69) is 4.72 Å². The van der Waals surface area contributed by atoms with E-state index < -0.39 is 16.0 Å². The molecule has 6 nitrogen and oxygen atoms in total. The highest BCUT2D eigenvalue weighted by atomic mass is 35.5. The lowest BCUT2D eigenvalue weighted by Crippen LogP contribution is -2.29. The first-order valence-electron chi connectivity index (χ1n) is 6.00. The van der Waals surface area contributed by atoms with Crippen molar-refractivity contribution in [2.75, 3.05) is 19.8 Å². The summed E-state index contributed by atoms with van der Waals surface area (Å²) in [5.41, 5.74) is -0.130. The van der Waals surface area contributed by atoms with Crippen LogP contribution in [-0.2, 0) is 14.8 Å². The molecule has 1 atom stereocenters. The topological polar surface area (TPSA) is 92.7 Å². The fraction of sp³-hybridized carbons (Fsp3) is 0.417. The largest absolute Gasteiger partial charge is 0.478 e. The molecule has 1 aliphatic heterocycles. The van der Waals surface area contributed by atoms with E-state index in [9.17, 15) is 13.2 Å². The number of aromatic carboxylic acids is 1. The molecule has 8 heteroatoms. The number of rotatable bonds is 5. The van der Waals surface area contributed by atoms with Crippen LogP contribution in [0.1, 0.15) is 16.8 Å². The van der Waals surface area contributed by atoms with E-state index in [1.165, 1.54) is 12.1 Å². The van der Waals surface area contributed by atoms with Crippen molar-refractivity contribution >= 4 is 27.6 Å². The number of hydrogen-bond donors (Lipinski definition) is 2. The fourth-order valence-electron chi connectivity index (χ4n) is 1.89. The Hall–Kier alpha value is -1.15. The summed E-state index contributed by atoms with van der Waals surface area (Å²) in [7, 11) is -3.70. The Bertz CT molecular complexity index is 610. The molecule has 2 rings (SSSR count). The minimum absolute atomic E-state index is 0.0496. The molecule has 2 N–H and O–H groups in total. The molecule has 0 amide bonds. The monoisotopic (exact) mass is 319 g/mol. The molecule has 1 unspecified atom stereocenters. The molecular weight excluding hydrogens is 306 g/mol. The maximum absolute atomic E-state index is 12.1. The molecule has 0 aliphatic carbocycles. The second-order valence-electron chi connectivity index (χ2n) is 4.53. The highest BCUT2D eigenvalue weighted by Gasteiger charge is 2.21. The first-order valence-corrected chi connectivity index (χ1v) is 7.86. The van der Waals surface area contributed by atoms with E-state index in [0.717, 1.165) is 12.5 Å². The van der Waals surface area contributed by atoms with Crippen LogP contribution < -0.4 is 4.72 Å². The lowest BCUT2D eigenvalue weighted by atomic mass is 10.1.